The molecule has 0 unspecified atom stereocenters. The minimum Gasteiger partial charge on any atom is -0.490 e. The Hall–Kier alpha value is -5.38. The molecule has 0 saturated heterocycles. The number of aromatic nitrogens is 1. The Bertz CT molecular complexity index is 1550. The van der Waals surface area contributed by atoms with Gasteiger partial charge in [0.05, 0.1) is 23.8 Å². The number of amides is 2. The Morgan fingerprint density at radius 3 is 2.18 bits per heavy atom. The number of carboxylic acids is 1. The van der Waals surface area contributed by atoms with Gasteiger partial charge in [-0.15, -0.1) is 0 Å². The Morgan fingerprint density at radius 2 is 1.48 bits per heavy atom. The molecule has 0 spiro atoms. The van der Waals surface area contributed by atoms with E-state index in [1.807, 2.05) is 42.5 Å². The Morgan fingerprint density at radius 1 is 0.773 bits per heavy atom. The Kier molecular flexibility index (Phi) is 10.0. The third kappa shape index (κ3) is 8.81. The molecule has 3 aromatic carbocycles. The largest absolute Gasteiger partial charge is 0.490 e. The summed E-state index contributed by atoms with van der Waals surface area (Å²) >= 11 is 0. The van der Waals surface area contributed by atoms with E-state index < -0.39 is 5.97 Å². The average molecular weight is 596 g/mol. The topological polar surface area (TPSA) is 136 Å². The molecule has 1 fully saturated rings. The minimum atomic E-state index is -1.11. The van der Waals surface area contributed by atoms with Crippen molar-refractivity contribution >= 4 is 23.5 Å². The molecule has 1 saturated carbocycles. The second-order valence-electron chi connectivity index (χ2n) is 10.4. The van der Waals surface area contributed by atoms with Crippen molar-refractivity contribution in [1.82, 2.24) is 10.3 Å². The van der Waals surface area contributed by atoms with Crippen LogP contribution in [0.4, 0.5) is 5.69 Å². The van der Waals surface area contributed by atoms with Gasteiger partial charge in [-0.25, -0.2) is 9.78 Å². The van der Waals surface area contributed by atoms with Crippen molar-refractivity contribution in [2.24, 2.45) is 0 Å². The fourth-order valence-electron chi connectivity index (χ4n) is 4.89. The molecule has 1 aliphatic rings. The first-order chi connectivity index (χ1) is 21.4. The summed E-state index contributed by atoms with van der Waals surface area (Å²) in [6.45, 7) is -0.00267. The van der Waals surface area contributed by atoms with Gasteiger partial charge >= 0.3 is 5.97 Å². The fraction of sp³-hybridized carbons (Fsp3) is 0.235. The van der Waals surface area contributed by atoms with Crippen molar-refractivity contribution in [2.75, 3.05) is 11.9 Å². The molecule has 0 bridgehead atoms. The number of ether oxygens (including phenoxy) is 3. The summed E-state index contributed by atoms with van der Waals surface area (Å²) in [7, 11) is 0. The first kappa shape index (κ1) is 30.1. The number of hydrogen-bond donors (Lipinski definition) is 3. The molecular weight excluding hydrogens is 562 g/mol. The number of rotatable bonds is 12. The summed E-state index contributed by atoms with van der Waals surface area (Å²) in [5, 5.41) is 15.0. The third-order valence-electron chi connectivity index (χ3n) is 7.10. The van der Waals surface area contributed by atoms with Gasteiger partial charge < -0.3 is 30.0 Å². The average Bonchev–Trinajstić information content (AvgIpc) is 3.03. The lowest BCUT2D eigenvalue weighted by atomic mass is 9.93. The molecule has 0 aliphatic heterocycles. The van der Waals surface area contributed by atoms with Gasteiger partial charge in [0.25, 0.3) is 5.91 Å². The van der Waals surface area contributed by atoms with Crippen LogP contribution in [0.15, 0.2) is 97.2 Å². The lowest BCUT2D eigenvalue weighted by Gasteiger charge is -2.29. The highest BCUT2D eigenvalue weighted by Crippen LogP contribution is 2.27. The molecule has 10 heteroatoms. The highest BCUT2D eigenvalue weighted by Gasteiger charge is 2.24. The van der Waals surface area contributed by atoms with Crippen LogP contribution in [0.5, 0.6) is 23.1 Å². The lowest BCUT2D eigenvalue weighted by molar-refractivity contribution is -0.124. The van der Waals surface area contributed by atoms with Crippen LogP contribution in [0.25, 0.3) is 0 Å². The van der Waals surface area contributed by atoms with Crippen molar-refractivity contribution in [2.45, 2.75) is 44.2 Å². The van der Waals surface area contributed by atoms with E-state index in [9.17, 15) is 19.5 Å². The van der Waals surface area contributed by atoms with Gasteiger partial charge in [-0.1, -0.05) is 36.4 Å². The van der Waals surface area contributed by atoms with Gasteiger partial charge in [0.1, 0.15) is 17.2 Å². The van der Waals surface area contributed by atoms with Crippen molar-refractivity contribution in [3.05, 3.63) is 108 Å². The number of carbonyl (C=O) groups excluding carboxylic acids is 2. The monoisotopic (exact) mass is 595 g/mol. The van der Waals surface area contributed by atoms with Crippen LogP contribution in [0.2, 0.25) is 0 Å². The molecule has 0 atom stereocenters. The predicted octanol–water partition coefficient (Wildman–Crippen LogP) is 5.64. The fourth-order valence-corrected chi connectivity index (χ4v) is 4.89. The zero-order chi connectivity index (χ0) is 30.7. The molecule has 0 radical (unpaired) electrons. The summed E-state index contributed by atoms with van der Waals surface area (Å²) in [5.41, 5.74) is 0.923. The van der Waals surface area contributed by atoms with Crippen LogP contribution in [-0.2, 0) is 16.0 Å². The molecular formula is C34H33N3O7. The molecule has 5 rings (SSSR count). The van der Waals surface area contributed by atoms with E-state index in [2.05, 4.69) is 15.6 Å². The number of hydrogen-bond acceptors (Lipinski definition) is 7. The van der Waals surface area contributed by atoms with Crippen molar-refractivity contribution in [3.8, 4) is 23.1 Å². The van der Waals surface area contributed by atoms with E-state index in [-0.39, 0.29) is 48.2 Å². The molecule has 226 valence electrons. The van der Waals surface area contributed by atoms with E-state index >= 15 is 0 Å². The molecule has 2 amide bonds. The van der Waals surface area contributed by atoms with E-state index in [1.54, 1.807) is 48.7 Å². The Labute approximate surface area is 255 Å². The van der Waals surface area contributed by atoms with Gasteiger partial charge in [-0.2, -0.15) is 0 Å². The van der Waals surface area contributed by atoms with Crippen LogP contribution in [0.1, 0.15) is 41.6 Å². The number of nitrogens with one attached hydrogen (secondary N) is 2. The number of benzene rings is 3. The first-order valence-electron chi connectivity index (χ1n) is 14.4. The summed E-state index contributed by atoms with van der Waals surface area (Å²) in [6.07, 6.45) is 4.99. The minimum absolute atomic E-state index is 0.00267. The van der Waals surface area contributed by atoms with Crippen LogP contribution in [0, 0.1) is 0 Å². The van der Waals surface area contributed by atoms with Gasteiger partial charge in [0, 0.05) is 18.3 Å². The van der Waals surface area contributed by atoms with Crippen molar-refractivity contribution < 1.29 is 33.7 Å². The summed E-state index contributed by atoms with van der Waals surface area (Å²) < 4.78 is 17.5. The number of pyridine rings is 1. The second-order valence-corrected chi connectivity index (χ2v) is 10.4. The molecule has 10 nitrogen and oxygen atoms in total. The molecule has 1 aliphatic carbocycles. The maximum atomic E-state index is 12.4. The SMILES string of the molecule is O=C(Cc1ccc(Oc2ccc(OC3CCC(NC(=O)COc4ccccc4)CC3)cc2)nc1)Nc1ccccc1C(=O)O. The normalized spacial score (nSPS) is 15.9. The predicted molar refractivity (Wildman–Crippen MR) is 163 cm³/mol. The smallest absolute Gasteiger partial charge is 0.337 e. The molecule has 44 heavy (non-hydrogen) atoms. The molecule has 1 heterocycles. The number of carboxylic acid groups (broad SMARTS) is 1. The zero-order valence-electron chi connectivity index (χ0n) is 24.0. The van der Waals surface area contributed by atoms with Crippen LogP contribution in [0.3, 0.4) is 0 Å². The number of nitrogens with zero attached hydrogens (tertiary/aromatic N) is 1. The van der Waals surface area contributed by atoms with Gasteiger partial charge in [0.2, 0.25) is 11.8 Å². The Balaban J connectivity index is 1.03. The maximum absolute atomic E-state index is 12.4. The standard InChI is InChI=1S/C34H33N3O7/c38-31(37-30-9-5-4-8-29(30)34(40)41)20-23-10-19-33(35-21-23)44-28-17-15-27(16-18-28)43-26-13-11-24(12-14-26)36-32(39)22-42-25-6-2-1-3-7-25/h1-10,15-19,21,24,26H,11-14,20,22H2,(H,36,39)(H,37,38)(H,40,41). The second kappa shape index (κ2) is 14.7. The van der Waals surface area contributed by atoms with Gasteiger partial charge in [-0.05, 0) is 79.8 Å². The van der Waals surface area contributed by atoms with E-state index in [0.29, 0.717) is 22.9 Å². The van der Waals surface area contributed by atoms with Crippen molar-refractivity contribution in [3.63, 3.8) is 0 Å². The highest BCUT2D eigenvalue weighted by atomic mass is 16.5. The summed E-state index contributed by atoms with van der Waals surface area (Å²) in [4.78, 5) is 40.3. The van der Waals surface area contributed by atoms with Gasteiger partial charge in [0.15, 0.2) is 6.61 Å². The molecule has 3 N–H and O–H groups in total. The van der Waals surface area contributed by atoms with E-state index in [1.165, 1.54) is 6.07 Å². The number of carbonyl (C=O) groups is 3. The van der Waals surface area contributed by atoms with Crippen LogP contribution >= 0.6 is 0 Å². The number of para-hydroxylation sites is 2. The van der Waals surface area contributed by atoms with E-state index in [0.717, 1.165) is 31.4 Å². The molecule has 1 aromatic heterocycles. The summed E-state index contributed by atoms with van der Waals surface area (Å²) in [6, 6.07) is 26.3. The van der Waals surface area contributed by atoms with Crippen LogP contribution < -0.4 is 24.8 Å². The van der Waals surface area contributed by atoms with Crippen LogP contribution in [-0.4, -0.2) is 46.6 Å². The highest BCUT2D eigenvalue weighted by molar-refractivity contribution is 6.01. The third-order valence-corrected chi connectivity index (χ3v) is 7.10. The lowest BCUT2D eigenvalue weighted by Crippen LogP contribution is -2.41. The van der Waals surface area contributed by atoms with Gasteiger partial charge in [-0.3, -0.25) is 9.59 Å². The molecule has 4 aromatic rings. The number of aromatic carboxylic acids is 1. The zero-order valence-corrected chi connectivity index (χ0v) is 24.0. The first-order valence-corrected chi connectivity index (χ1v) is 14.4. The quantitative estimate of drug-likeness (QED) is 0.192. The van der Waals surface area contributed by atoms with E-state index in [4.69, 9.17) is 14.2 Å². The van der Waals surface area contributed by atoms with Crippen molar-refractivity contribution in [1.29, 1.82) is 0 Å². The number of anilines is 1. The summed E-state index contributed by atoms with van der Waals surface area (Å²) in [5.74, 6) is 0.781. The maximum Gasteiger partial charge on any atom is 0.337 e.